The van der Waals surface area contributed by atoms with Crippen molar-refractivity contribution in [1.29, 1.82) is 0 Å². The fraction of sp³-hybridized carbons (Fsp3) is 0.385. The number of nitrogens with zero attached hydrogens (tertiary/aromatic N) is 1. The molecule has 1 saturated heterocycles. The average Bonchev–Trinajstić information content (AvgIpc) is 2.91. The first kappa shape index (κ1) is 19.0. The smallest absolute Gasteiger partial charge is 0.321 e. The predicted octanol–water partition coefficient (Wildman–Crippen LogP) is 1.10. The number of nitrogens with one attached hydrogen (secondary N) is 2. The number of carbonyl (C=O) groups is 2. The molecule has 0 bridgehead atoms. The molecular weight excluding hydrogens is 337 g/mol. The van der Waals surface area contributed by atoms with Crippen molar-refractivity contribution in [2.24, 2.45) is 5.73 Å². The Balaban J connectivity index is 0.00000264. The van der Waals surface area contributed by atoms with Crippen molar-refractivity contribution >= 4 is 30.0 Å². The number of alkyl halides is 2. The zero-order chi connectivity index (χ0) is 16.3. The van der Waals surface area contributed by atoms with E-state index in [1.807, 2.05) is 5.32 Å². The summed E-state index contributed by atoms with van der Waals surface area (Å²) in [6.07, 6.45) is 0. The molecule has 0 aromatic heterocycles. The molecule has 1 aromatic carbocycles. The molecular formula is C13H16ClF3N4O2. The van der Waals surface area contributed by atoms with Crippen molar-refractivity contribution in [3.05, 3.63) is 29.6 Å². The lowest BCUT2D eigenvalue weighted by Crippen LogP contribution is -2.41. The van der Waals surface area contributed by atoms with Gasteiger partial charge in [0.1, 0.15) is 5.82 Å². The molecule has 3 amide bonds. The van der Waals surface area contributed by atoms with Crippen LogP contribution in [-0.2, 0) is 0 Å². The van der Waals surface area contributed by atoms with Gasteiger partial charge in [0.15, 0.2) is 0 Å². The molecule has 0 aliphatic carbocycles. The van der Waals surface area contributed by atoms with Crippen LogP contribution in [0, 0.1) is 5.82 Å². The topological polar surface area (TPSA) is 87.5 Å². The van der Waals surface area contributed by atoms with Crippen LogP contribution in [0.3, 0.4) is 0 Å². The van der Waals surface area contributed by atoms with E-state index in [0.29, 0.717) is 18.8 Å². The van der Waals surface area contributed by atoms with Crippen molar-refractivity contribution in [2.75, 3.05) is 31.1 Å². The summed E-state index contributed by atoms with van der Waals surface area (Å²) >= 11 is 0. The number of amides is 3. The minimum atomic E-state index is -3.27. The minimum absolute atomic E-state index is 0. The summed E-state index contributed by atoms with van der Waals surface area (Å²) in [6.45, 7) is -1.11. The molecule has 128 valence electrons. The van der Waals surface area contributed by atoms with E-state index in [9.17, 15) is 22.8 Å². The van der Waals surface area contributed by atoms with Gasteiger partial charge in [-0.1, -0.05) is 0 Å². The molecule has 4 N–H and O–H groups in total. The number of rotatable bonds is 5. The summed E-state index contributed by atoms with van der Waals surface area (Å²) in [5.74, 6) is -5.12. The Kier molecular flexibility index (Phi) is 6.22. The van der Waals surface area contributed by atoms with Gasteiger partial charge < -0.3 is 16.4 Å². The third-order valence-electron chi connectivity index (χ3n) is 3.17. The van der Waals surface area contributed by atoms with Gasteiger partial charge in [-0.05, 0) is 18.2 Å². The molecule has 1 aliphatic heterocycles. The van der Waals surface area contributed by atoms with Gasteiger partial charge in [-0.15, -0.1) is 12.4 Å². The van der Waals surface area contributed by atoms with E-state index >= 15 is 0 Å². The molecule has 6 nitrogen and oxygen atoms in total. The highest BCUT2D eigenvalue weighted by molar-refractivity contribution is 5.98. The molecule has 1 heterocycles. The van der Waals surface area contributed by atoms with Crippen LogP contribution < -0.4 is 21.3 Å². The molecule has 0 radical (unpaired) electrons. The maximum absolute atomic E-state index is 13.7. The third kappa shape index (κ3) is 4.49. The second-order valence-corrected chi connectivity index (χ2v) is 4.79. The quantitative estimate of drug-likeness (QED) is 0.741. The summed E-state index contributed by atoms with van der Waals surface area (Å²) in [6, 6.07) is 3.13. The summed E-state index contributed by atoms with van der Waals surface area (Å²) < 4.78 is 39.7. The monoisotopic (exact) mass is 352 g/mol. The van der Waals surface area contributed by atoms with Crippen LogP contribution in [0.1, 0.15) is 10.4 Å². The van der Waals surface area contributed by atoms with E-state index in [1.54, 1.807) is 0 Å². The third-order valence-corrected chi connectivity index (χ3v) is 3.17. The van der Waals surface area contributed by atoms with Crippen LogP contribution in [0.25, 0.3) is 0 Å². The largest absolute Gasteiger partial charge is 0.346 e. The average molecular weight is 353 g/mol. The number of carbonyl (C=O) groups excluding carboxylic acids is 2. The first-order valence-electron chi connectivity index (χ1n) is 6.55. The summed E-state index contributed by atoms with van der Waals surface area (Å²) in [4.78, 5) is 24.7. The van der Waals surface area contributed by atoms with Gasteiger partial charge in [0.25, 0.3) is 11.8 Å². The van der Waals surface area contributed by atoms with E-state index in [1.165, 1.54) is 11.0 Å². The van der Waals surface area contributed by atoms with Gasteiger partial charge in [-0.2, -0.15) is 0 Å². The van der Waals surface area contributed by atoms with Crippen LogP contribution >= 0.6 is 12.4 Å². The second-order valence-electron chi connectivity index (χ2n) is 4.79. The molecule has 1 fully saturated rings. The van der Waals surface area contributed by atoms with Crippen LogP contribution in [0.5, 0.6) is 0 Å². The lowest BCUT2D eigenvalue weighted by molar-refractivity contribution is 0.0118. The highest BCUT2D eigenvalue weighted by Gasteiger charge is 2.28. The predicted molar refractivity (Wildman–Crippen MR) is 80.7 cm³/mol. The van der Waals surface area contributed by atoms with Crippen molar-refractivity contribution in [2.45, 2.75) is 5.92 Å². The van der Waals surface area contributed by atoms with E-state index in [0.717, 1.165) is 12.1 Å². The van der Waals surface area contributed by atoms with Crippen LogP contribution in [-0.4, -0.2) is 44.0 Å². The van der Waals surface area contributed by atoms with Gasteiger partial charge in [-0.3, -0.25) is 9.69 Å². The van der Waals surface area contributed by atoms with E-state index in [4.69, 9.17) is 5.73 Å². The number of hydrogen-bond donors (Lipinski definition) is 3. The highest BCUT2D eigenvalue weighted by atomic mass is 35.5. The fourth-order valence-corrected chi connectivity index (χ4v) is 1.95. The number of anilines is 1. The zero-order valence-electron chi connectivity index (χ0n) is 11.9. The lowest BCUT2D eigenvalue weighted by atomic mass is 10.1. The maximum Gasteiger partial charge on any atom is 0.321 e. The zero-order valence-corrected chi connectivity index (χ0v) is 12.8. The maximum atomic E-state index is 13.7. The molecule has 10 heteroatoms. The Morgan fingerprint density at radius 3 is 2.70 bits per heavy atom. The number of urea groups is 1. The molecule has 23 heavy (non-hydrogen) atoms. The Labute approximate surface area is 136 Å². The Morgan fingerprint density at radius 1 is 1.43 bits per heavy atom. The highest BCUT2D eigenvalue weighted by Crippen LogP contribution is 2.21. The Bertz CT molecular complexity index is 601. The van der Waals surface area contributed by atoms with Crippen molar-refractivity contribution in [1.82, 2.24) is 10.6 Å². The minimum Gasteiger partial charge on any atom is -0.346 e. The molecule has 0 saturated carbocycles. The lowest BCUT2D eigenvalue weighted by Gasteiger charge is -2.17. The van der Waals surface area contributed by atoms with Gasteiger partial charge in [-0.25, -0.2) is 18.0 Å². The molecule has 1 aliphatic rings. The van der Waals surface area contributed by atoms with E-state index in [-0.39, 0.29) is 18.4 Å². The second kappa shape index (κ2) is 7.51. The standard InChI is InChI=1S/C13H15F3N4O2.ClH/c14-10-2-1-8(20-4-3-18-12(20)22)5-9(10)11(21)19-7-13(15,16)6-17;/h1-2,5H,3-4,6-7,17H2,(H,18,22)(H,19,21);1H. The number of benzene rings is 1. The van der Waals surface area contributed by atoms with E-state index < -0.39 is 36.3 Å². The van der Waals surface area contributed by atoms with Crippen molar-refractivity contribution in [3.63, 3.8) is 0 Å². The first-order valence-corrected chi connectivity index (χ1v) is 6.55. The Hall–Kier alpha value is -2.00. The van der Waals surface area contributed by atoms with Crippen LogP contribution in [0.15, 0.2) is 18.2 Å². The van der Waals surface area contributed by atoms with Gasteiger partial charge in [0.05, 0.1) is 18.7 Å². The molecule has 2 rings (SSSR count). The molecule has 0 atom stereocenters. The van der Waals surface area contributed by atoms with Gasteiger partial charge >= 0.3 is 6.03 Å². The Morgan fingerprint density at radius 2 is 2.13 bits per heavy atom. The SMILES string of the molecule is Cl.NCC(F)(F)CNC(=O)c1cc(N2CCNC2=O)ccc1F. The van der Waals surface area contributed by atoms with Crippen LogP contribution in [0.4, 0.5) is 23.7 Å². The van der Waals surface area contributed by atoms with Crippen molar-refractivity contribution < 1.29 is 22.8 Å². The van der Waals surface area contributed by atoms with Gasteiger partial charge in [0.2, 0.25) is 0 Å². The summed E-state index contributed by atoms with van der Waals surface area (Å²) in [5.41, 5.74) is 4.76. The van der Waals surface area contributed by atoms with E-state index in [2.05, 4.69) is 5.32 Å². The fourth-order valence-electron chi connectivity index (χ4n) is 1.95. The number of nitrogens with two attached hydrogens (primary N) is 1. The molecule has 0 spiro atoms. The summed E-state index contributed by atoms with van der Waals surface area (Å²) in [5, 5.41) is 4.50. The first-order chi connectivity index (χ1) is 10.3. The summed E-state index contributed by atoms with van der Waals surface area (Å²) in [7, 11) is 0. The van der Waals surface area contributed by atoms with Crippen molar-refractivity contribution in [3.8, 4) is 0 Å². The number of halogens is 4. The van der Waals surface area contributed by atoms with Gasteiger partial charge in [0, 0.05) is 18.8 Å². The normalized spacial score (nSPS) is 14.3. The van der Waals surface area contributed by atoms with Crippen LogP contribution in [0.2, 0.25) is 0 Å². The molecule has 0 unspecified atom stereocenters. The number of hydrogen-bond acceptors (Lipinski definition) is 3. The molecule has 1 aromatic rings.